The highest BCUT2D eigenvalue weighted by molar-refractivity contribution is 9.10. The summed E-state index contributed by atoms with van der Waals surface area (Å²) >= 11 is 3.53. The number of rotatable bonds is 9. The first-order chi connectivity index (χ1) is 13.5. The fraction of sp³-hybridized carbons (Fsp3) is 0.500. The Hall–Kier alpha value is -2.22. The Bertz CT molecular complexity index is 763. The first-order valence-electron chi connectivity index (χ1n) is 9.44. The van der Waals surface area contributed by atoms with Crippen LogP contribution in [0.5, 0.6) is 11.5 Å². The van der Waals surface area contributed by atoms with Gasteiger partial charge in [-0.25, -0.2) is 9.59 Å². The van der Waals surface area contributed by atoms with E-state index in [2.05, 4.69) is 26.6 Å². The van der Waals surface area contributed by atoms with Crippen LogP contribution in [0.15, 0.2) is 27.9 Å². The minimum absolute atomic E-state index is 0.360. The molecule has 8 heteroatoms. The lowest BCUT2D eigenvalue weighted by atomic mass is 9.93. The molecular formula is C20H27BrN2O5. The number of nitrogens with one attached hydrogen (secondary N) is 2. The van der Waals surface area contributed by atoms with Crippen molar-refractivity contribution in [1.82, 2.24) is 10.6 Å². The number of ether oxygens (including phenoxy) is 3. The molecule has 1 atom stereocenters. The summed E-state index contributed by atoms with van der Waals surface area (Å²) in [6, 6.07) is 2.61. The SMILES string of the molecule is CCCOc1c(Br)cc(C2NC(=O)NC(CCC)=C2C(=O)OC)cc1OCC. The van der Waals surface area contributed by atoms with Gasteiger partial charge in [-0.2, -0.15) is 0 Å². The topological polar surface area (TPSA) is 85.9 Å². The average molecular weight is 455 g/mol. The zero-order valence-corrected chi connectivity index (χ0v) is 18.3. The van der Waals surface area contributed by atoms with Gasteiger partial charge in [0.1, 0.15) is 0 Å². The molecule has 1 aromatic rings. The van der Waals surface area contributed by atoms with Gasteiger partial charge < -0.3 is 24.8 Å². The van der Waals surface area contributed by atoms with E-state index in [9.17, 15) is 9.59 Å². The van der Waals surface area contributed by atoms with Gasteiger partial charge in [0.15, 0.2) is 11.5 Å². The van der Waals surface area contributed by atoms with Crippen LogP contribution in [0.25, 0.3) is 0 Å². The number of benzene rings is 1. The number of hydrogen-bond acceptors (Lipinski definition) is 5. The Balaban J connectivity index is 2.57. The average Bonchev–Trinajstić information content (AvgIpc) is 2.66. The normalized spacial score (nSPS) is 16.3. The maximum absolute atomic E-state index is 12.5. The summed E-state index contributed by atoms with van der Waals surface area (Å²) in [5.41, 5.74) is 1.66. The number of urea groups is 1. The number of hydrogen-bond donors (Lipinski definition) is 2. The zero-order valence-electron chi connectivity index (χ0n) is 16.7. The third kappa shape index (κ3) is 4.98. The lowest BCUT2D eigenvalue weighted by molar-refractivity contribution is -0.136. The summed E-state index contributed by atoms with van der Waals surface area (Å²) < 4.78 is 17.2. The van der Waals surface area contributed by atoms with Gasteiger partial charge in [-0.1, -0.05) is 20.3 Å². The van der Waals surface area contributed by atoms with Gasteiger partial charge in [-0.15, -0.1) is 0 Å². The molecule has 1 unspecified atom stereocenters. The van der Waals surface area contributed by atoms with Gasteiger partial charge >= 0.3 is 12.0 Å². The summed E-state index contributed by atoms with van der Waals surface area (Å²) in [4.78, 5) is 24.7. The molecule has 2 amide bonds. The number of amides is 2. The van der Waals surface area contributed by atoms with E-state index in [4.69, 9.17) is 14.2 Å². The van der Waals surface area contributed by atoms with Crippen LogP contribution >= 0.6 is 15.9 Å². The Labute approximate surface area is 173 Å². The van der Waals surface area contributed by atoms with Crippen molar-refractivity contribution in [3.63, 3.8) is 0 Å². The van der Waals surface area contributed by atoms with Crippen LogP contribution in [0.4, 0.5) is 4.79 Å². The van der Waals surface area contributed by atoms with Gasteiger partial charge in [-0.05, 0) is 53.4 Å². The molecule has 154 valence electrons. The molecule has 0 fully saturated rings. The minimum atomic E-state index is -0.654. The Morgan fingerprint density at radius 1 is 1.18 bits per heavy atom. The first-order valence-corrected chi connectivity index (χ1v) is 10.2. The van der Waals surface area contributed by atoms with Crippen LogP contribution < -0.4 is 20.1 Å². The summed E-state index contributed by atoms with van der Waals surface area (Å²) in [5.74, 6) is 0.667. The molecule has 1 aliphatic heterocycles. The predicted octanol–water partition coefficient (Wildman–Crippen LogP) is 4.22. The Kier molecular flexibility index (Phi) is 8.17. The minimum Gasteiger partial charge on any atom is -0.490 e. The van der Waals surface area contributed by atoms with Gasteiger partial charge in [0.05, 0.1) is 36.4 Å². The lowest BCUT2D eigenvalue weighted by Crippen LogP contribution is -2.45. The second-order valence-corrected chi connectivity index (χ2v) is 7.13. The van der Waals surface area contributed by atoms with Crippen molar-refractivity contribution in [2.75, 3.05) is 20.3 Å². The third-order valence-electron chi connectivity index (χ3n) is 4.17. The molecule has 0 spiro atoms. The summed E-state index contributed by atoms with van der Waals surface area (Å²) in [6.45, 7) is 6.90. The van der Waals surface area contributed by atoms with Crippen molar-refractivity contribution in [3.05, 3.63) is 33.4 Å². The highest BCUT2D eigenvalue weighted by Crippen LogP contribution is 2.40. The highest BCUT2D eigenvalue weighted by Gasteiger charge is 2.34. The first kappa shape index (κ1) is 22.1. The zero-order chi connectivity index (χ0) is 20.7. The van der Waals surface area contributed by atoms with E-state index in [1.54, 1.807) is 6.07 Å². The van der Waals surface area contributed by atoms with E-state index in [1.807, 2.05) is 26.8 Å². The molecule has 28 heavy (non-hydrogen) atoms. The van der Waals surface area contributed by atoms with Crippen molar-refractivity contribution in [2.45, 2.75) is 46.1 Å². The second-order valence-electron chi connectivity index (χ2n) is 6.28. The van der Waals surface area contributed by atoms with E-state index in [-0.39, 0.29) is 6.03 Å². The lowest BCUT2D eigenvalue weighted by Gasteiger charge is -2.29. The van der Waals surface area contributed by atoms with Crippen LogP contribution in [-0.2, 0) is 9.53 Å². The molecule has 0 saturated heterocycles. The number of allylic oxidation sites excluding steroid dienone is 1. The summed E-state index contributed by atoms with van der Waals surface area (Å²) in [6.07, 6.45) is 2.20. The third-order valence-corrected chi connectivity index (χ3v) is 4.76. The maximum Gasteiger partial charge on any atom is 0.337 e. The van der Waals surface area contributed by atoms with E-state index in [0.29, 0.717) is 52.4 Å². The second kappa shape index (κ2) is 10.4. The number of carbonyl (C=O) groups excluding carboxylic acids is 2. The Morgan fingerprint density at radius 2 is 1.93 bits per heavy atom. The van der Waals surface area contributed by atoms with Crippen LogP contribution in [0.1, 0.15) is 51.6 Å². The molecule has 2 rings (SSSR count). The molecule has 7 nitrogen and oxygen atoms in total. The molecule has 0 bridgehead atoms. The van der Waals surface area contributed by atoms with Crippen molar-refractivity contribution in [1.29, 1.82) is 0 Å². The molecule has 2 N–H and O–H groups in total. The number of esters is 1. The number of halogens is 1. The fourth-order valence-electron chi connectivity index (χ4n) is 3.03. The fourth-order valence-corrected chi connectivity index (χ4v) is 3.60. The van der Waals surface area contributed by atoms with E-state index >= 15 is 0 Å². The molecule has 1 aromatic carbocycles. The molecule has 1 aliphatic rings. The predicted molar refractivity (Wildman–Crippen MR) is 109 cm³/mol. The largest absolute Gasteiger partial charge is 0.490 e. The monoisotopic (exact) mass is 454 g/mol. The number of methoxy groups -OCH3 is 1. The van der Waals surface area contributed by atoms with Crippen molar-refractivity contribution < 1.29 is 23.8 Å². The van der Waals surface area contributed by atoms with Crippen LogP contribution in [0.2, 0.25) is 0 Å². The van der Waals surface area contributed by atoms with Crippen molar-refractivity contribution >= 4 is 27.9 Å². The van der Waals surface area contributed by atoms with Gasteiger partial charge in [-0.3, -0.25) is 0 Å². The van der Waals surface area contributed by atoms with Crippen LogP contribution in [0.3, 0.4) is 0 Å². The van der Waals surface area contributed by atoms with Crippen LogP contribution in [0, 0.1) is 0 Å². The smallest absolute Gasteiger partial charge is 0.337 e. The van der Waals surface area contributed by atoms with Gasteiger partial charge in [0, 0.05) is 5.70 Å². The van der Waals surface area contributed by atoms with E-state index in [1.165, 1.54) is 7.11 Å². The van der Waals surface area contributed by atoms with Gasteiger partial charge in [0.2, 0.25) is 0 Å². The van der Waals surface area contributed by atoms with Crippen molar-refractivity contribution in [3.8, 4) is 11.5 Å². The quantitative estimate of drug-likeness (QED) is 0.545. The Morgan fingerprint density at radius 3 is 2.54 bits per heavy atom. The molecule has 0 aliphatic carbocycles. The summed E-state index contributed by atoms with van der Waals surface area (Å²) in [7, 11) is 1.33. The molecule has 0 saturated carbocycles. The maximum atomic E-state index is 12.5. The van der Waals surface area contributed by atoms with Crippen LogP contribution in [-0.4, -0.2) is 32.3 Å². The van der Waals surface area contributed by atoms with E-state index in [0.717, 1.165) is 12.8 Å². The van der Waals surface area contributed by atoms with Gasteiger partial charge in [0.25, 0.3) is 0 Å². The highest BCUT2D eigenvalue weighted by atomic mass is 79.9. The number of carbonyl (C=O) groups is 2. The molecular weight excluding hydrogens is 428 g/mol. The summed E-state index contributed by atoms with van der Waals surface area (Å²) in [5, 5.41) is 5.56. The molecule has 0 aromatic heterocycles. The van der Waals surface area contributed by atoms with Crippen molar-refractivity contribution in [2.24, 2.45) is 0 Å². The van der Waals surface area contributed by atoms with E-state index < -0.39 is 12.0 Å². The molecule has 0 radical (unpaired) electrons. The molecule has 1 heterocycles. The standard InChI is InChI=1S/C20H27BrN2O5/c1-5-8-14-16(19(24)26-4)17(23-20(25)22-14)12-10-13(21)18(28-9-6-2)15(11-12)27-7-3/h10-11,17H,5-9H2,1-4H3,(H2,22,23,25).